The summed E-state index contributed by atoms with van der Waals surface area (Å²) >= 11 is 0. The Morgan fingerprint density at radius 3 is 2.64 bits per heavy atom. The van der Waals surface area contributed by atoms with E-state index in [0.717, 1.165) is 17.8 Å². The molecule has 2 aliphatic carbocycles. The quantitative estimate of drug-likeness (QED) is 0.669. The molecule has 0 aromatic rings. The lowest BCUT2D eigenvalue weighted by molar-refractivity contribution is 0.269. The van der Waals surface area contributed by atoms with E-state index in [4.69, 9.17) is 5.73 Å². The molecule has 0 saturated heterocycles. The van der Waals surface area contributed by atoms with E-state index in [-0.39, 0.29) is 0 Å². The molecule has 4 atom stereocenters. The van der Waals surface area contributed by atoms with Crippen molar-refractivity contribution in [2.24, 2.45) is 23.5 Å². The molecule has 0 aromatic heterocycles. The minimum Gasteiger partial charge on any atom is -0.327 e. The number of fused-ring (bicyclic) bond motifs is 2. The van der Waals surface area contributed by atoms with Crippen molar-refractivity contribution in [2.75, 3.05) is 0 Å². The molecule has 4 unspecified atom stereocenters. The molecule has 0 aromatic carbocycles. The first-order valence-electron chi connectivity index (χ1n) is 6.56. The van der Waals surface area contributed by atoms with Gasteiger partial charge in [-0.2, -0.15) is 0 Å². The molecule has 1 nitrogen and oxygen atoms in total. The van der Waals surface area contributed by atoms with Crippen LogP contribution in [0.4, 0.5) is 0 Å². The summed E-state index contributed by atoms with van der Waals surface area (Å²) in [5.41, 5.74) is 6.31. The topological polar surface area (TPSA) is 26.0 Å². The number of hydrogen-bond donors (Lipinski definition) is 1. The Morgan fingerprint density at radius 2 is 2.07 bits per heavy atom. The van der Waals surface area contributed by atoms with Gasteiger partial charge < -0.3 is 5.73 Å². The summed E-state index contributed by atoms with van der Waals surface area (Å²) in [6.07, 6.45) is 11.3. The van der Waals surface area contributed by atoms with Crippen molar-refractivity contribution in [3.63, 3.8) is 0 Å². The summed E-state index contributed by atoms with van der Waals surface area (Å²) in [7, 11) is 0. The predicted molar refractivity (Wildman–Crippen MR) is 61.1 cm³/mol. The van der Waals surface area contributed by atoms with Crippen molar-refractivity contribution >= 4 is 0 Å². The van der Waals surface area contributed by atoms with E-state index in [9.17, 15) is 0 Å². The van der Waals surface area contributed by atoms with E-state index >= 15 is 0 Å². The van der Waals surface area contributed by atoms with E-state index in [1.54, 1.807) is 0 Å². The largest absolute Gasteiger partial charge is 0.327 e. The summed E-state index contributed by atoms with van der Waals surface area (Å²) in [5, 5.41) is 0. The maximum Gasteiger partial charge on any atom is 0.00699 e. The molecule has 2 rings (SSSR count). The van der Waals surface area contributed by atoms with Crippen molar-refractivity contribution in [3.05, 3.63) is 0 Å². The van der Waals surface area contributed by atoms with Crippen LogP contribution in [0.5, 0.6) is 0 Å². The smallest absolute Gasteiger partial charge is 0.00699 e. The maximum absolute atomic E-state index is 6.31. The highest BCUT2D eigenvalue weighted by Gasteiger charge is 2.41. The monoisotopic (exact) mass is 195 g/mol. The van der Waals surface area contributed by atoms with Gasteiger partial charge in [-0.1, -0.05) is 32.6 Å². The zero-order valence-corrected chi connectivity index (χ0v) is 9.54. The molecule has 2 bridgehead atoms. The minimum absolute atomic E-state index is 0.525. The maximum atomic E-state index is 6.31. The summed E-state index contributed by atoms with van der Waals surface area (Å²) in [4.78, 5) is 0. The molecule has 0 aliphatic heterocycles. The Kier molecular flexibility index (Phi) is 3.48. The van der Waals surface area contributed by atoms with Gasteiger partial charge >= 0.3 is 0 Å². The third-order valence-corrected chi connectivity index (χ3v) is 4.48. The Labute approximate surface area is 88.4 Å². The minimum atomic E-state index is 0.525. The van der Waals surface area contributed by atoms with Crippen molar-refractivity contribution in [1.82, 2.24) is 0 Å². The lowest BCUT2D eigenvalue weighted by atomic mass is 9.82. The van der Waals surface area contributed by atoms with Gasteiger partial charge in [-0.3, -0.25) is 0 Å². The zero-order valence-electron chi connectivity index (χ0n) is 9.54. The van der Waals surface area contributed by atoms with E-state index in [0.29, 0.717) is 6.04 Å². The molecule has 0 heterocycles. The van der Waals surface area contributed by atoms with Gasteiger partial charge in [-0.05, 0) is 43.4 Å². The van der Waals surface area contributed by atoms with Gasteiger partial charge in [0.1, 0.15) is 0 Å². The van der Waals surface area contributed by atoms with Crippen molar-refractivity contribution in [1.29, 1.82) is 0 Å². The van der Waals surface area contributed by atoms with E-state index in [1.165, 1.54) is 51.4 Å². The fourth-order valence-electron chi connectivity index (χ4n) is 3.66. The van der Waals surface area contributed by atoms with Crippen LogP contribution in [0, 0.1) is 17.8 Å². The van der Waals surface area contributed by atoms with Gasteiger partial charge in [-0.15, -0.1) is 0 Å². The van der Waals surface area contributed by atoms with Gasteiger partial charge in [0, 0.05) is 6.04 Å². The van der Waals surface area contributed by atoms with Crippen LogP contribution < -0.4 is 5.73 Å². The van der Waals surface area contributed by atoms with Gasteiger partial charge in [0.2, 0.25) is 0 Å². The van der Waals surface area contributed by atoms with Crippen molar-refractivity contribution < 1.29 is 0 Å². The molecule has 1 heteroatoms. The summed E-state index contributed by atoms with van der Waals surface area (Å²) in [6, 6.07) is 0.525. The molecule has 2 fully saturated rings. The number of nitrogens with two attached hydrogens (primary N) is 1. The second-order valence-electron chi connectivity index (χ2n) is 5.50. The summed E-state index contributed by atoms with van der Waals surface area (Å²) in [5.74, 6) is 2.96. The van der Waals surface area contributed by atoms with Crippen LogP contribution in [0.2, 0.25) is 0 Å². The molecule has 2 aliphatic rings. The van der Waals surface area contributed by atoms with Crippen LogP contribution in [0.25, 0.3) is 0 Å². The number of unbranched alkanes of at least 4 members (excludes halogenated alkanes) is 2. The van der Waals surface area contributed by atoms with Crippen molar-refractivity contribution in [2.45, 2.75) is 64.3 Å². The lowest BCUT2D eigenvalue weighted by Gasteiger charge is -2.27. The first kappa shape index (κ1) is 10.5. The van der Waals surface area contributed by atoms with Gasteiger partial charge in [0.15, 0.2) is 0 Å². The zero-order chi connectivity index (χ0) is 9.97. The SMILES string of the molecule is CCCCCC(N)C1CC2CCC1C2. The highest BCUT2D eigenvalue weighted by atomic mass is 14.7. The molecular weight excluding hydrogens is 170 g/mol. The van der Waals surface area contributed by atoms with Crippen LogP contribution in [0.1, 0.15) is 58.3 Å². The van der Waals surface area contributed by atoms with Crippen LogP contribution in [0.15, 0.2) is 0 Å². The number of rotatable bonds is 5. The van der Waals surface area contributed by atoms with E-state index < -0.39 is 0 Å². The van der Waals surface area contributed by atoms with Crippen LogP contribution in [-0.4, -0.2) is 6.04 Å². The first-order valence-corrected chi connectivity index (χ1v) is 6.56. The van der Waals surface area contributed by atoms with Gasteiger partial charge in [-0.25, -0.2) is 0 Å². The van der Waals surface area contributed by atoms with Gasteiger partial charge in [0.05, 0.1) is 0 Å². The Morgan fingerprint density at radius 1 is 1.21 bits per heavy atom. The van der Waals surface area contributed by atoms with Crippen LogP contribution in [0.3, 0.4) is 0 Å². The third-order valence-electron chi connectivity index (χ3n) is 4.48. The second kappa shape index (κ2) is 4.65. The molecule has 82 valence electrons. The molecule has 14 heavy (non-hydrogen) atoms. The van der Waals surface area contributed by atoms with Crippen LogP contribution in [-0.2, 0) is 0 Å². The average molecular weight is 195 g/mol. The average Bonchev–Trinajstić information content (AvgIpc) is 2.79. The van der Waals surface area contributed by atoms with E-state index in [1.807, 2.05) is 0 Å². The summed E-state index contributed by atoms with van der Waals surface area (Å²) < 4.78 is 0. The number of hydrogen-bond acceptors (Lipinski definition) is 1. The van der Waals surface area contributed by atoms with Crippen LogP contribution >= 0.6 is 0 Å². The lowest BCUT2D eigenvalue weighted by Crippen LogP contribution is -2.33. The first-order chi connectivity index (χ1) is 6.81. The Balaban J connectivity index is 1.72. The van der Waals surface area contributed by atoms with E-state index in [2.05, 4.69) is 6.92 Å². The normalized spacial score (nSPS) is 37.7. The standard InChI is InChI=1S/C13H25N/c1-2-3-4-5-13(14)12-9-10-6-7-11(12)8-10/h10-13H,2-9,14H2,1H3. The molecule has 0 spiro atoms. The van der Waals surface area contributed by atoms with Crippen molar-refractivity contribution in [3.8, 4) is 0 Å². The van der Waals surface area contributed by atoms with Gasteiger partial charge in [0.25, 0.3) is 0 Å². The fourth-order valence-corrected chi connectivity index (χ4v) is 3.66. The highest BCUT2D eigenvalue weighted by Crippen LogP contribution is 2.49. The molecule has 2 saturated carbocycles. The Bertz CT molecular complexity index is 178. The molecular formula is C13H25N. The fraction of sp³-hybridized carbons (Fsp3) is 1.00. The predicted octanol–water partition coefficient (Wildman–Crippen LogP) is 3.33. The highest BCUT2D eigenvalue weighted by molar-refractivity contribution is 4.94. The molecule has 2 N–H and O–H groups in total. The molecule has 0 radical (unpaired) electrons. The second-order valence-corrected chi connectivity index (χ2v) is 5.50. The summed E-state index contributed by atoms with van der Waals surface area (Å²) in [6.45, 7) is 2.27. The Hall–Kier alpha value is -0.0400. The molecule has 0 amide bonds. The third kappa shape index (κ3) is 2.13.